The van der Waals surface area contributed by atoms with Crippen molar-refractivity contribution in [2.45, 2.75) is 44.2 Å². The van der Waals surface area contributed by atoms with Gasteiger partial charge < -0.3 is 14.8 Å². The molecule has 7 nitrogen and oxygen atoms in total. The van der Waals surface area contributed by atoms with Gasteiger partial charge in [-0.05, 0) is 61.4 Å². The van der Waals surface area contributed by atoms with Crippen LogP contribution >= 0.6 is 0 Å². The molecule has 3 aromatic rings. The molecule has 1 aromatic heterocycles. The molecule has 0 aliphatic heterocycles. The first-order valence-corrected chi connectivity index (χ1v) is 12.0. The molecule has 4 rings (SSSR count). The minimum atomic E-state index is -1.10. The standard InChI is InChI=1S/C28H30FN3O4/c1-35-22-15-16-23(25(18-22)36-2)26(27(33)31-20-8-4-3-5-9-20)32(21-13-11-19(29)12-14-21)28(34)24-10-6-7-17-30-24/h6-7,10-18,20,26H,3-5,8-9H2,1-2H3,(H,31,33). The number of nitrogens with one attached hydrogen (secondary N) is 1. The second-order valence-electron chi connectivity index (χ2n) is 8.72. The van der Waals surface area contributed by atoms with Crippen LogP contribution in [0.4, 0.5) is 10.1 Å². The summed E-state index contributed by atoms with van der Waals surface area (Å²) in [4.78, 5) is 33.4. The van der Waals surface area contributed by atoms with Crippen LogP contribution in [0.1, 0.15) is 54.2 Å². The van der Waals surface area contributed by atoms with E-state index >= 15 is 0 Å². The van der Waals surface area contributed by atoms with Gasteiger partial charge in [-0.25, -0.2) is 4.39 Å². The first-order chi connectivity index (χ1) is 17.5. The average molecular weight is 492 g/mol. The number of hydrogen-bond acceptors (Lipinski definition) is 5. The number of rotatable bonds is 8. The molecule has 0 spiro atoms. The van der Waals surface area contributed by atoms with Crippen LogP contribution in [0.3, 0.4) is 0 Å². The van der Waals surface area contributed by atoms with Crippen LogP contribution in [0.2, 0.25) is 0 Å². The van der Waals surface area contributed by atoms with E-state index in [4.69, 9.17) is 9.47 Å². The highest BCUT2D eigenvalue weighted by molar-refractivity contribution is 6.09. The summed E-state index contributed by atoms with van der Waals surface area (Å²) in [6, 6.07) is 14.5. The number of carbonyl (C=O) groups is 2. The van der Waals surface area contributed by atoms with Crippen molar-refractivity contribution in [3.63, 3.8) is 0 Å². The quantitative estimate of drug-likeness (QED) is 0.476. The molecule has 1 atom stereocenters. The summed E-state index contributed by atoms with van der Waals surface area (Å²) in [7, 11) is 3.04. The number of pyridine rings is 1. The van der Waals surface area contributed by atoms with Crippen molar-refractivity contribution in [3.05, 3.63) is 83.9 Å². The maximum absolute atomic E-state index is 14.0. The zero-order chi connectivity index (χ0) is 25.5. The van der Waals surface area contributed by atoms with E-state index in [0.717, 1.165) is 32.1 Å². The molecule has 1 N–H and O–H groups in total. The first-order valence-electron chi connectivity index (χ1n) is 12.0. The summed E-state index contributed by atoms with van der Waals surface area (Å²) in [5.41, 5.74) is 0.985. The highest BCUT2D eigenvalue weighted by atomic mass is 19.1. The van der Waals surface area contributed by atoms with E-state index in [9.17, 15) is 14.0 Å². The topological polar surface area (TPSA) is 80.8 Å². The van der Waals surface area contributed by atoms with Crippen molar-refractivity contribution >= 4 is 17.5 Å². The van der Waals surface area contributed by atoms with E-state index < -0.39 is 17.8 Å². The van der Waals surface area contributed by atoms with E-state index in [-0.39, 0.29) is 17.6 Å². The lowest BCUT2D eigenvalue weighted by Gasteiger charge is -2.34. The molecule has 0 bridgehead atoms. The van der Waals surface area contributed by atoms with E-state index in [1.807, 2.05) is 0 Å². The van der Waals surface area contributed by atoms with Crippen LogP contribution < -0.4 is 19.7 Å². The van der Waals surface area contributed by atoms with Crippen molar-refractivity contribution in [1.29, 1.82) is 0 Å². The van der Waals surface area contributed by atoms with Gasteiger partial charge in [0.15, 0.2) is 0 Å². The molecule has 2 amide bonds. The zero-order valence-corrected chi connectivity index (χ0v) is 20.4. The lowest BCUT2D eigenvalue weighted by Crippen LogP contribution is -2.47. The Bertz CT molecular complexity index is 1180. The Kier molecular flexibility index (Phi) is 8.15. The molecule has 36 heavy (non-hydrogen) atoms. The fraction of sp³-hybridized carbons (Fsp3) is 0.321. The summed E-state index contributed by atoms with van der Waals surface area (Å²) in [5.74, 6) is -0.359. The summed E-state index contributed by atoms with van der Waals surface area (Å²) in [6.45, 7) is 0. The highest BCUT2D eigenvalue weighted by Gasteiger charge is 2.37. The Morgan fingerprint density at radius 1 is 1.00 bits per heavy atom. The number of amides is 2. The third-order valence-corrected chi connectivity index (χ3v) is 6.40. The van der Waals surface area contributed by atoms with Gasteiger partial charge in [0.1, 0.15) is 29.1 Å². The number of hydrogen-bond donors (Lipinski definition) is 1. The average Bonchev–Trinajstić information content (AvgIpc) is 2.92. The van der Waals surface area contributed by atoms with Gasteiger partial charge in [0.05, 0.1) is 14.2 Å². The minimum absolute atomic E-state index is 0.0120. The Labute approximate surface area is 210 Å². The normalized spacial score (nSPS) is 14.5. The Hall–Kier alpha value is -3.94. The molecule has 1 aliphatic carbocycles. The number of nitrogens with zero attached hydrogens (tertiary/aromatic N) is 2. The molecule has 1 saturated carbocycles. The smallest absolute Gasteiger partial charge is 0.277 e. The van der Waals surface area contributed by atoms with Crippen molar-refractivity contribution < 1.29 is 23.5 Å². The fourth-order valence-electron chi connectivity index (χ4n) is 4.57. The highest BCUT2D eigenvalue weighted by Crippen LogP contribution is 2.37. The van der Waals surface area contributed by atoms with Crippen molar-refractivity contribution in [1.82, 2.24) is 10.3 Å². The van der Waals surface area contributed by atoms with Gasteiger partial charge >= 0.3 is 0 Å². The van der Waals surface area contributed by atoms with Gasteiger partial charge in [0, 0.05) is 29.6 Å². The molecule has 1 unspecified atom stereocenters. The lowest BCUT2D eigenvalue weighted by molar-refractivity contribution is -0.123. The van der Waals surface area contributed by atoms with Gasteiger partial charge in [0.2, 0.25) is 5.91 Å². The second-order valence-corrected chi connectivity index (χ2v) is 8.72. The number of benzene rings is 2. The molecule has 1 heterocycles. The summed E-state index contributed by atoms with van der Waals surface area (Å²) >= 11 is 0. The maximum atomic E-state index is 14.0. The molecular formula is C28H30FN3O4. The molecular weight excluding hydrogens is 461 g/mol. The van der Waals surface area contributed by atoms with E-state index in [2.05, 4.69) is 10.3 Å². The van der Waals surface area contributed by atoms with E-state index in [0.29, 0.717) is 22.7 Å². The van der Waals surface area contributed by atoms with E-state index in [1.54, 1.807) is 36.4 Å². The summed E-state index contributed by atoms with van der Waals surface area (Å²) in [5, 5.41) is 3.15. The van der Waals surface area contributed by atoms with Gasteiger partial charge in [-0.3, -0.25) is 19.5 Å². The Balaban J connectivity index is 1.86. The SMILES string of the molecule is COc1ccc(C(C(=O)NC2CCCCC2)N(C(=O)c2ccccn2)c2ccc(F)cc2)c(OC)c1. The van der Waals surface area contributed by atoms with Crippen LogP contribution in [-0.2, 0) is 4.79 Å². The second kappa shape index (κ2) is 11.7. The number of anilines is 1. The number of halogens is 1. The Morgan fingerprint density at radius 3 is 2.39 bits per heavy atom. The molecule has 2 aromatic carbocycles. The summed E-state index contributed by atoms with van der Waals surface area (Å²) in [6.07, 6.45) is 6.49. The molecule has 188 valence electrons. The molecule has 0 saturated heterocycles. The largest absolute Gasteiger partial charge is 0.497 e. The van der Waals surface area contributed by atoms with Crippen LogP contribution in [0.5, 0.6) is 11.5 Å². The lowest BCUT2D eigenvalue weighted by atomic mass is 9.94. The van der Waals surface area contributed by atoms with Gasteiger partial charge in [-0.2, -0.15) is 0 Å². The van der Waals surface area contributed by atoms with Crippen molar-refractivity contribution in [3.8, 4) is 11.5 Å². The van der Waals surface area contributed by atoms with Crippen LogP contribution in [0.15, 0.2) is 66.9 Å². The van der Waals surface area contributed by atoms with Crippen LogP contribution in [-0.4, -0.2) is 37.1 Å². The molecule has 8 heteroatoms. The van der Waals surface area contributed by atoms with Gasteiger partial charge in [-0.1, -0.05) is 25.3 Å². The van der Waals surface area contributed by atoms with Crippen molar-refractivity contribution in [2.75, 3.05) is 19.1 Å². The fourth-order valence-corrected chi connectivity index (χ4v) is 4.57. The number of methoxy groups -OCH3 is 2. The van der Waals surface area contributed by atoms with Crippen LogP contribution in [0, 0.1) is 5.82 Å². The number of carbonyl (C=O) groups excluding carboxylic acids is 2. The monoisotopic (exact) mass is 491 g/mol. The summed E-state index contributed by atoms with van der Waals surface area (Å²) < 4.78 is 24.8. The molecule has 1 fully saturated rings. The minimum Gasteiger partial charge on any atom is -0.497 e. The zero-order valence-electron chi connectivity index (χ0n) is 20.4. The first kappa shape index (κ1) is 25.2. The Morgan fingerprint density at radius 2 is 1.75 bits per heavy atom. The molecule has 1 aliphatic rings. The van der Waals surface area contributed by atoms with Crippen LogP contribution in [0.25, 0.3) is 0 Å². The van der Waals surface area contributed by atoms with Crippen molar-refractivity contribution in [2.24, 2.45) is 0 Å². The third-order valence-electron chi connectivity index (χ3n) is 6.40. The molecule has 0 radical (unpaired) electrons. The number of ether oxygens (including phenoxy) is 2. The van der Waals surface area contributed by atoms with Gasteiger partial charge in [0.25, 0.3) is 5.91 Å². The predicted octanol–water partition coefficient (Wildman–Crippen LogP) is 5.07. The predicted molar refractivity (Wildman–Crippen MR) is 135 cm³/mol. The third kappa shape index (κ3) is 5.64. The maximum Gasteiger partial charge on any atom is 0.277 e. The van der Waals surface area contributed by atoms with E-state index in [1.165, 1.54) is 49.6 Å². The number of aromatic nitrogens is 1. The van der Waals surface area contributed by atoms with Gasteiger partial charge in [-0.15, -0.1) is 0 Å².